The Labute approximate surface area is 196 Å². The van der Waals surface area contributed by atoms with E-state index in [2.05, 4.69) is 10.6 Å². The Kier molecular flexibility index (Phi) is 8.63. The maximum absolute atomic E-state index is 12.8. The van der Waals surface area contributed by atoms with E-state index in [1.54, 1.807) is 30.3 Å². The van der Waals surface area contributed by atoms with Gasteiger partial charge < -0.3 is 10.6 Å². The summed E-state index contributed by atoms with van der Waals surface area (Å²) in [5.41, 5.74) is 0.898. The lowest BCUT2D eigenvalue weighted by Gasteiger charge is -2.31. The number of hydrogen-bond donors (Lipinski definition) is 2. The van der Waals surface area contributed by atoms with Crippen LogP contribution in [0.1, 0.15) is 32.3 Å². The predicted octanol–water partition coefficient (Wildman–Crippen LogP) is 2.59. The first kappa shape index (κ1) is 24.9. The van der Waals surface area contributed by atoms with Crippen molar-refractivity contribution in [1.82, 2.24) is 14.9 Å². The first-order valence-electron chi connectivity index (χ1n) is 11.4. The number of hydrogen-bond acceptors (Lipinski definition) is 4. The molecule has 2 aromatic rings. The van der Waals surface area contributed by atoms with Crippen LogP contribution < -0.4 is 10.6 Å². The highest BCUT2D eigenvalue weighted by atomic mass is 32.2. The summed E-state index contributed by atoms with van der Waals surface area (Å²) in [5.74, 6) is -0.244. The van der Waals surface area contributed by atoms with Gasteiger partial charge in [-0.15, -0.1) is 0 Å². The number of nitrogens with zero attached hydrogens (tertiary/aromatic N) is 1. The molecule has 8 heteroatoms. The molecular formula is C25H33N3O4S. The minimum Gasteiger partial charge on any atom is -0.354 e. The van der Waals surface area contributed by atoms with Crippen molar-refractivity contribution in [2.45, 2.75) is 44.0 Å². The Hall–Kier alpha value is -2.71. The van der Waals surface area contributed by atoms with Gasteiger partial charge in [-0.25, -0.2) is 8.42 Å². The summed E-state index contributed by atoms with van der Waals surface area (Å²) in [7, 11) is -3.48. The third-order valence-electron chi connectivity index (χ3n) is 5.99. The fraction of sp³-hybridized carbons (Fsp3) is 0.440. The number of piperidine rings is 1. The van der Waals surface area contributed by atoms with Crippen LogP contribution >= 0.6 is 0 Å². The third kappa shape index (κ3) is 6.88. The molecule has 3 rings (SSSR count). The number of amides is 2. The van der Waals surface area contributed by atoms with Crippen LogP contribution in [0, 0.1) is 11.8 Å². The molecule has 1 atom stereocenters. The van der Waals surface area contributed by atoms with E-state index >= 15 is 0 Å². The Morgan fingerprint density at radius 3 is 2.12 bits per heavy atom. The van der Waals surface area contributed by atoms with Gasteiger partial charge in [0, 0.05) is 19.6 Å². The molecule has 2 aromatic carbocycles. The molecule has 1 saturated heterocycles. The lowest BCUT2D eigenvalue weighted by molar-refractivity contribution is -0.129. The monoisotopic (exact) mass is 471 g/mol. The van der Waals surface area contributed by atoms with Crippen LogP contribution in [0.15, 0.2) is 65.6 Å². The topological polar surface area (TPSA) is 95.6 Å². The first-order chi connectivity index (χ1) is 15.8. The summed E-state index contributed by atoms with van der Waals surface area (Å²) >= 11 is 0. The van der Waals surface area contributed by atoms with E-state index in [0.29, 0.717) is 37.4 Å². The normalized spacial score (nSPS) is 16.3. The highest BCUT2D eigenvalue weighted by Gasteiger charge is 2.30. The van der Waals surface area contributed by atoms with Crippen molar-refractivity contribution in [2.75, 3.05) is 19.6 Å². The van der Waals surface area contributed by atoms with Crippen LogP contribution in [0.25, 0.3) is 0 Å². The predicted molar refractivity (Wildman–Crippen MR) is 128 cm³/mol. The van der Waals surface area contributed by atoms with Gasteiger partial charge in [-0.1, -0.05) is 62.4 Å². The van der Waals surface area contributed by atoms with Crippen molar-refractivity contribution in [2.24, 2.45) is 11.8 Å². The van der Waals surface area contributed by atoms with Gasteiger partial charge in [0.2, 0.25) is 21.8 Å². The fourth-order valence-corrected chi connectivity index (χ4v) is 5.48. The molecule has 1 unspecified atom stereocenters. The molecule has 1 aliphatic rings. The van der Waals surface area contributed by atoms with Gasteiger partial charge in [0.05, 0.1) is 11.3 Å². The molecule has 1 aliphatic heterocycles. The van der Waals surface area contributed by atoms with Crippen molar-refractivity contribution in [1.29, 1.82) is 0 Å². The summed E-state index contributed by atoms with van der Waals surface area (Å²) in [5, 5.41) is 5.83. The molecule has 1 fully saturated rings. The SMILES string of the molecule is CC(C)C(NC(=O)Cc1ccccc1)C(=O)NCC1CCN(S(=O)(=O)c2ccccc2)CC1. The third-order valence-corrected chi connectivity index (χ3v) is 7.91. The molecular weight excluding hydrogens is 438 g/mol. The average Bonchev–Trinajstić information content (AvgIpc) is 2.82. The highest BCUT2D eigenvalue weighted by Crippen LogP contribution is 2.23. The maximum atomic E-state index is 12.8. The molecule has 0 radical (unpaired) electrons. The molecule has 178 valence electrons. The van der Waals surface area contributed by atoms with Crippen molar-refractivity contribution in [3.63, 3.8) is 0 Å². The number of carbonyl (C=O) groups excluding carboxylic acids is 2. The van der Waals surface area contributed by atoms with E-state index in [-0.39, 0.29) is 30.1 Å². The second kappa shape index (κ2) is 11.4. The standard InChI is InChI=1S/C25H33N3O4S/c1-19(2)24(27-23(29)17-20-9-5-3-6-10-20)25(30)26-18-21-13-15-28(16-14-21)33(31,32)22-11-7-4-8-12-22/h3-12,19,21,24H,13-18H2,1-2H3,(H,26,30)(H,27,29). The quantitative estimate of drug-likeness (QED) is 0.588. The molecule has 0 bridgehead atoms. The zero-order valence-corrected chi connectivity index (χ0v) is 20.1. The number of sulfonamides is 1. The van der Waals surface area contributed by atoms with E-state index in [1.807, 2.05) is 44.2 Å². The molecule has 0 aliphatic carbocycles. The Bertz CT molecular complexity index is 1020. The van der Waals surface area contributed by atoms with Crippen molar-refractivity contribution in [3.8, 4) is 0 Å². The number of rotatable bonds is 9. The summed E-state index contributed by atoms with van der Waals surface area (Å²) in [6, 6.07) is 17.3. The van der Waals surface area contributed by atoms with Crippen LogP contribution in [-0.4, -0.2) is 50.2 Å². The van der Waals surface area contributed by atoms with Crippen LogP contribution in [0.4, 0.5) is 0 Å². The van der Waals surface area contributed by atoms with E-state index in [9.17, 15) is 18.0 Å². The largest absolute Gasteiger partial charge is 0.354 e. The molecule has 2 N–H and O–H groups in total. The van der Waals surface area contributed by atoms with Crippen LogP contribution in [0.2, 0.25) is 0 Å². The number of nitrogens with one attached hydrogen (secondary N) is 2. The fourth-order valence-electron chi connectivity index (χ4n) is 3.99. The second-order valence-electron chi connectivity index (χ2n) is 8.86. The lowest BCUT2D eigenvalue weighted by atomic mass is 9.97. The van der Waals surface area contributed by atoms with Crippen LogP contribution in [-0.2, 0) is 26.0 Å². The zero-order valence-electron chi connectivity index (χ0n) is 19.2. The average molecular weight is 472 g/mol. The minimum absolute atomic E-state index is 0.0532. The van der Waals surface area contributed by atoms with E-state index in [0.717, 1.165) is 5.56 Å². The van der Waals surface area contributed by atoms with Crippen molar-refractivity contribution >= 4 is 21.8 Å². The van der Waals surface area contributed by atoms with Gasteiger partial charge in [-0.3, -0.25) is 9.59 Å². The minimum atomic E-state index is -3.48. The summed E-state index contributed by atoms with van der Waals surface area (Å²) in [4.78, 5) is 25.5. The van der Waals surface area contributed by atoms with Gasteiger partial charge in [-0.05, 0) is 42.4 Å². The maximum Gasteiger partial charge on any atom is 0.243 e. The molecule has 1 heterocycles. The Morgan fingerprint density at radius 2 is 1.55 bits per heavy atom. The smallest absolute Gasteiger partial charge is 0.243 e. The molecule has 0 spiro atoms. The molecule has 33 heavy (non-hydrogen) atoms. The number of benzene rings is 2. The van der Waals surface area contributed by atoms with E-state index in [1.165, 1.54) is 4.31 Å². The lowest BCUT2D eigenvalue weighted by Crippen LogP contribution is -2.51. The zero-order chi connectivity index (χ0) is 23.8. The van der Waals surface area contributed by atoms with E-state index < -0.39 is 16.1 Å². The highest BCUT2D eigenvalue weighted by molar-refractivity contribution is 7.89. The van der Waals surface area contributed by atoms with Gasteiger partial charge in [0.15, 0.2) is 0 Å². The molecule has 0 aromatic heterocycles. The molecule has 7 nitrogen and oxygen atoms in total. The van der Waals surface area contributed by atoms with Crippen molar-refractivity contribution in [3.05, 3.63) is 66.2 Å². The van der Waals surface area contributed by atoms with Gasteiger partial charge >= 0.3 is 0 Å². The summed E-state index contributed by atoms with van der Waals surface area (Å²) in [6.07, 6.45) is 1.59. The Balaban J connectivity index is 1.47. The van der Waals surface area contributed by atoms with Crippen LogP contribution in [0.3, 0.4) is 0 Å². The van der Waals surface area contributed by atoms with Gasteiger partial charge in [-0.2, -0.15) is 4.31 Å². The molecule has 0 saturated carbocycles. The number of carbonyl (C=O) groups is 2. The van der Waals surface area contributed by atoms with Gasteiger partial charge in [0.25, 0.3) is 0 Å². The first-order valence-corrected chi connectivity index (χ1v) is 12.9. The van der Waals surface area contributed by atoms with E-state index in [4.69, 9.17) is 0 Å². The van der Waals surface area contributed by atoms with Crippen molar-refractivity contribution < 1.29 is 18.0 Å². The van der Waals surface area contributed by atoms with Crippen LogP contribution in [0.5, 0.6) is 0 Å². The van der Waals surface area contributed by atoms with Gasteiger partial charge in [0.1, 0.15) is 6.04 Å². The summed E-state index contributed by atoms with van der Waals surface area (Å²) in [6.45, 7) is 5.13. The Morgan fingerprint density at radius 1 is 0.970 bits per heavy atom. The summed E-state index contributed by atoms with van der Waals surface area (Å²) < 4.78 is 27.1. The molecule has 2 amide bonds. The second-order valence-corrected chi connectivity index (χ2v) is 10.8.